The number of ether oxygens (including phenoxy) is 2. The van der Waals surface area contributed by atoms with E-state index in [2.05, 4.69) is 22.4 Å². The average Bonchev–Trinajstić information content (AvgIpc) is 3.38. The van der Waals surface area contributed by atoms with Crippen LogP contribution in [0, 0.1) is 0 Å². The largest absolute Gasteiger partial charge is 0.478 e. The van der Waals surface area contributed by atoms with Gasteiger partial charge in [0.15, 0.2) is 5.76 Å². The quantitative estimate of drug-likeness (QED) is 0.445. The van der Waals surface area contributed by atoms with Gasteiger partial charge >= 0.3 is 0 Å². The minimum atomic E-state index is -0.144. The fraction of sp³-hybridized carbons (Fsp3) is 0.174. The summed E-state index contributed by atoms with van der Waals surface area (Å²) in [6.45, 7) is 2.08. The number of ketones is 1. The van der Waals surface area contributed by atoms with Gasteiger partial charge in [0.25, 0.3) is 0 Å². The third kappa shape index (κ3) is 3.74. The van der Waals surface area contributed by atoms with E-state index in [1.54, 1.807) is 41.7 Å². The topological polar surface area (TPSA) is 38.8 Å². The van der Waals surface area contributed by atoms with Crippen LogP contribution in [0.4, 0.5) is 0 Å². The van der Waals surface area contributed by atoms with Gasteiger partial charge in [0.1, 0.15) is 18.2 Å². The van der Waals surface area contributed by atoms with Crippen molar-refractivity contribution in [1.29, 1.82) is 0 Å². The van der Waals surface area contributed by atoms with Crippen molar-refractivity contribution in [3.63, 3.8) is 0 Å². The molecule has 2 aromatic carbocycles. The monoisotopic (exact) mass is 457 g/mol. The zero-order valence-corrected chi connectivity index (χ0v) is 18.2. The van der Waals surface area contributed by atoms with Gasteiger partial charge in [0.2, 0.25) is 5.78 Å². The second kappa shape index (κ2) is 8.08. The van der Waals surface area contributed by atoms with Crippen molar-refractivity contribution in [2.24, 2.45) is 0 Å². The van der Waals surface area contributed by atoms with Crippen molar-refractivity contribution in [3.05, 3.63) is 85.2 Å². The van der Waals surface area contributed by atoms with Gasteiger partial charge in [0.05, 0.1) is 21.2 Å². The maximum Gasteiger partial charge on any atom is 0.231 e. The summed E-state index contributed by atoms with van der Waals surface area (Å²) in [5.41, 5.74) is 2.22. The van der Waals surface area contributed by atoms with E-state index >= 15 is 0 Å². The first-order chi connectivity index (χ1) is 14.6. The number of thiophene rings is 1. The van der Waals surface area contributed by atoms with E-state index in [1.165, 1.54) is 4.88 Å². The molecule has 30 heavy (non-hydrogen) atoms. The summed E-state index contributed by atoms with van der Waals surface area (Å²) in [6, 6.07) is 13.0. The SMILES string of the molecule is O=C1/C(=C/c2ccc(Cl)c(Cl)c2)Oc2c1ccc1c2CN(CCc2cccs2)CO1. The van der Waals surface area contributed by atoms with Crippen LogP contribution in [-0.4, -0.2) is 24.0 Å². The zero-order chi connectivity index (χ0) is 20.7. The molecule has 3 heterocycles. The predicted octanol–water partition coefficient (Wildman–Crippen LogP) is 6.07. The van der Waals surface area contributed by atoms with Crippen LogP contribution < -0.4 is 9.47 Å². The third-order valence-corrected chi connectivity index (χ3v) is 6.85. The summed E-state index contributed by atoms with van der Waals surface area (Å²) in [7, 11) is 0. The molecule has 2 aliphatic rings. The van der Waals surface area contributed by atoms with Crippen molar-refractivity contribution in [3.8, 4) is 11.5 Å². The molecule has 0 amide bonds. The molecule has 0 spiro atoms. The normalized spacial score (nSPS) is 16.9. The lowest BCUT2D eigenvalue weighted by Gasteiger charge is -2.29. The fourth-order valence-corrected chi connectivity index (χ4v) is 4.63. The summed E-state index contributed by atoms with van der Waals surface area (Å²) in [4.78, 5) is 16.5. The van der Waals surface area contributed by atoms with E-state index in [1.807, 2.05) is 6.07 Å². The molecule has 1 aromatic heterocycles. The number of allylic oxidation sites excluding steroid dienone is 1. The number of nitrogens with zero attached hydrogens (tertiary/aromatic N) is 1. The average molecular weight is 458 g/mol. The van der Waals surface area contributed by atoms with Crippen LogP contribution in [0.25, 0.3) is 6.08 Å². The lowest BCUT2D eigenvalue weighted by Crippen LogP contribution is -2.33. The molecule has 0 bridgehead atoms. The van der Waals surface area contributed by atoms with Gasteiger partial charge in [-0.05, 0) is 53.8 Å². The van der Waals surface area contributed by atoms with Crippen molar-refractivity contribution >= 4 is 46.4 Å². The molecule has 2 aliphatic heterocycles. The highest BCUT2D eigenvalue weighted by Crippen LogP contribution is 2.42. The van der Waals surface area contributed by atoms with Crippen molar-refractivity contribution in [1.82, 2.24) is 4.90 Å². The molecule has 0 N–H and O–H groups in total. The van der Waals surface area contributed by atoms with E-state index in [-0.39, 0.29) is 11.5 Å². The first kappa shape index (κ1) is 19.6. The van der Waals surface area contributed by atoms with Gasteiger partial charge in [-0.3, -0.25) is 9.69 Å². The number of Topliss-reactive ketones (excluding diaryl/α,β-unsaturated/α-hetero) is 1. The van der Waals surface area contributed by atoms with Crippen LogP contribution >= 0.6 is 34.5 Å². The molecule has 0 atom stereocenters. The van der Waals surface area contributed by atoms with E-state index in [9.17, 15) is 4.79 Å². The van der Waals surface area contributed by atoms with Gasteiger partial charge in [0, 0.05) is 18.0 Å². The number of halogens is 2. The molecular formula is C23H17Cl2NO3S. The zero-order valence-electron chi connectivity index (χ0n) is 15.9. The summed E-state index contributed by atoms with van der Waals surface area (Å²) in [5.74, 6) is 1.48. The summed E-state index contributed by atoms with van der Waals surface area (Å²) >= 11 is 13.8. The van der Waals surface area contributed by atoms with Crippen LogP contribution in [0.5, 0.6) is 11.5 Å². The lowest BCUT2D eigenvalue weighted by molar-refractivity contribution is 0.0951. The van der Waals surface area contributed by atoms with Gasteiger partial charge in [-0.1, -0.05) is 35.3 Å². The number of fused-ring (bicyclic) bond motifs is 3. The number of carbonyl (C=O) groups is 1. The molecule has 0 unspecified atom stereocenters. The molecule has 4 nitrogen and oxygen atoms in total. The number of carbonyl (C=O) groups excluding carboxylic acids is 1. The molecule has 0 saturated carbocycles. The molecule has 5 rings (SSSR count). The Hall–Kier alpha value is -2.31. The Balaban J connectivity index is 1.39. The van der Waals surface area contributed by atoms with Crippen LogP contribution in [0.1, 0.15) is 26.4 Å². The highest BCUT2D eigenvalue weighted by Gasteiger charge is 2.33. The standard InChI is InChI=1S/C23H17Cl2NO3S/c24-18-5-3-14(10-19(18)25)11-21-22(27)16-4-6-20-17(23(16)29-21)12-26(13-28-20)8-7-15-2-1-9-30-15/h1-6,9-11H,7-8,12-13H2/b21-11-. The first-order valence-corrected chi connectivity index (χ1v) is 11.1. The highest BCUT2D eigenvalue weighted by molar-refractivity contribution is 7.09. The van der Waals surface area contributed by atoms with Crippen LogP contribution in [-0.2, 0) is 13.0 Å². The van der Waals surface area contributed by atoms with Gasteiger partial charge in [-0.2, -0.15) is 0 Å². The third-order valence-electron chi connectivity index (χ3n) is 5.18. The van der Waals surface area contributed by atoms with Crippen molar-refractivity contribution in [2.75, 3.05) is 13.3 Å². The maximum absolute atomic E-state index is 12.9. The van der Waals surface area contributed by atoms with Gasteiger partial charge in [-0.25, -0.2) is 0 Å². The fourth-order valence-electron chi connectivity index (χ4n) is 3.62. The summed E-state index contributed by atoms with van der Waals surface area (Å²) in [6.07, 6.45) is 2.66. The summed E-state index contributed by atoms with van der Waals surface area (Å²) in [5, 5.41) is 2.99. The van der Waals surface area contributed by atoms with Crippen LogP contribution in [0.15, 0.2) is 53.6 Å². The Kier molecular flexibility index (Phi) is 5.29. The Labute approximate surface area is 188 Å². The molecule has 0 fully saturated rings. The van der Waals surface area contributed by atoms with E-state index in [0.717, 1.165) is 29.8 Å². The molecular weight excluding hydrogens is 441 g/mol. The minimum Gasteiger partial charge on any atom is -0.478 e. The van der Waals surface area contributed by atoms with Crippen molar-refractivity contribution < 1.29 is 14.3 Å². The maximum atomic E-state index is 12.9. The lowest BCUT2D eigenvalue weighted by atomic mass is 10.0. The van der Waals surface area contributed by atoms with E-state index < -0.39 is 0 Å². The minimum absolute atomic E-state index is 0.144. The number of benzene rings is 2. The molecule has 3 aromatic rings. The van der Waals surface area contributed by atoms with E-state index in [0.29, 0.717) is 34.6 Å². The van der Waals surface area contributed by atoms with Crippen LogP contribution in [0.3, 0.4) is 0 Å². The first-order valence-electron chi connectivity index (χ1n) is 9.51. The smallest absolute Gasteiger partial charge is 0.231 e. The Morgan fingerprint density at radius 3 is 2.83 bits per heavy atom. The molecule has 0 aliphatic carbocycles. The van der Waals surface area contributed by atoms with Gasteiger partial charge < -0.3 is 9.47 Å². The number of hydrogen-bond acceptors (Lipinski definition) is 5. The van der Waals surface area contributed by atoms with Crippen molar-refractivity contribution in [2.45, 2.75) is 13.0 Å². The number of rotatable bonds is 4. The summed E-state index contributed by atoms with van der Waals surface area (Å²) < 4.78 is 12.0. The predicted molar refractivity (Wildman–Crippen MR) is 120 cm³/mol. The second-order valence-corrected chi connectivity index (χ2v) is 9.03. The number of hydrogen-bond donors (Lipinski definition) is 0. The van der Waals surface area contributed by atoms with Gasteiger partial charge in [-0.15, -0.1) is 11.3 Å². The highest BCUT2D eigenvalue weighted by atomic mass is 35.5. The Morgan fingerprint density at radius 1 is 1.13 bits per heavy atom. The molecule has 152 valence electrons. The molecule has 7 heteroatoms. The second-order valence-electron chi connectivity index (χ2n) is 7.19. The Morgan fingerprint density at radius 2 is 2.03 bits per heavy atom. The molecule has 0 radical (unpaired) electrons. The Bertz CT molecular complexity index is 1160. The van der Waals surface area contributed by atoms with Crippen LogP contribution in [0.2, 0.25) is 10.0 Å². The molecule has 0 saturated heterocycles. The van der Waals surface area contributed by atoms with E-state index in [4.69, 9.17) is 32.7 Å².